The van der Waals surface area contributed by atoms with Crippen LogP contribution in [0.1, 0.15) is 12.8 Å². The SMILES string of the molecule is C[SiH]1CCCCO1.O. The van der Waals surface area contributed by atoms with Crippen molar-refractivity contribution in [1.29, 1.82) is 0 Å². The van der Waals surface area contributed by atoms with E-state index < -0.39 is 9.04 Å². The molecule has 50 valence electrons. The Morgan fingerprint density at radius 2 is 2.12 bits per heavy atom. The van der Waals surface area contributed by atoms with Crippen LogP contribution in [0.4, 0.5) is 0 Å². The van der Waals surface area contributed by atoms with E-state index in [0.717, 1.165) is 6.61 Å². The van der Waals surface area contributed by atoms with Crippen molar-refractivity contribution in [3.05, 3.63) is 0 Å². The molecule has 0 aromatic rings. The average molecular weight is 134 g/mol. The highest BCUT2D eigenvalue weighted by Gasteiger charge is 2.08. The first kappa shape index (κ1) is 8.14. The quantitative estimate of drug-likeness (QED) is 0.440. The molecule has 0 aromatic carbocycles. The highest BCUT2D eigenvalue weighted by molar-refractivity contribution is 6.50. The average Bonchev–Trinajstić information content (AvgIpc) is 1.69. The van der Waals surface area contributed by atoms with Gasteiger partial charge in [0.25, 0.3) is 0 Å². The van der Waals surface area contributed by atoms with Crippen molar-refractivity contribution in [2.45, 2.75) is 25.4 Å². The van der Waals surface area contributed by atoms with Crippen LogP contribution in [0, 0.1) is 0 Å². The molecule has 3 heteroatoms. The third-order valence-corrected chi connectivity index (χ3v) is 3.43. The van der Waals surface area contributed by atoms with Crippen molar-refractivity contribution in [1.82, 2.24) is 0 Å². The van der Waals surface area contributed by atoms with Gasteiger partial charge in [0.15, 0.2) is 9.04 Å². The summed E-state index contributed by atoms with van der Waals surface area (Å²) in [5.41, 5.74) is 0. The van der Waals surface area contributed by atoms with Gasteiger partial charge < -0.3 is 9.90 Å². The zero-order valence-corrected chi connectivity index (χ0v) is 6.47. The molecule has 1 aliphatic heterocycles. The lowest BCUT2D eigenvalue weighted by atomic mass is 10.4. The summed E-state index contributed by atoms with van der Waals surface area (Å²) >= 11 is 0. The molecule has 0 aromatic heterocycles. The fourth-order valence-electron chi connectivity index (χ4n) is 0.902. The van der Waals surface area contributed by atoms with Gasteiger partial charge in [0, 0.05) is 6.61 Å². The van der Waals surface area contributed by atoms with Crippen LogP contribution < -0.4 is 0 Å². The van der Waals surface area contributed by atoms with Crippen molar-refractivity contribution in [3.8, 4) is 0 Å². The fraction of sp³-hybridized carbons (Fsp3) is 1.00. The second-order valence-electron chi connectivity index (χ2n) is 2.18. The second kappa shape index (κ2) is 4.06. The lowest BCUT2D eigenvalue weighted by molar-refractivity contribution is 0.291. The summed E-state index contributed by atoms with van der Waals surface area (Å²) in [7, 11) is -0.595. The summed E-state index contributed by atoms with van der Waals surface area (Å²) in [6, 6.07) is 1.40. The zero-order chi connectivity index (χ0) is 5.11. The highest BCUT2D eigenvalue weighted by Crippen LogP contribution is 2.09. The van der Waals surface area contributed by atoms with Gasteiger partial charge in [-0.25, -0.2) is 0 Å². The minimum atomic E-state index is -0.595. The Bertz CT molecular complexity index is 52.4. The van der Waals surface area contributed by atoms with Gasteiger partial charge in [-0.2, -0.15) is 0 Å². The first-order valence-corrected chi connectivity index (χ1v) is 5.45. The van der Waals surface area contributed by atoms with E-state index in [4.69, 9.17) is 4.43 Å². The van der Waals surface area contributed by atoms with E-state index in [-0.39, 0.29) is 5.48 Å². The summed E-state index contributed by atoms with van der Waals surface area (Å²) < 4.78 is 5.42. The molecule has 0 amide bonds. The molecule has 0 saturated carbocycles. The van der Waals surface area contributed by atoms with Crippen molar-refractivity contribution < 1.29 is 9.90 Å². The molecule has 0 bridgehead atoms. The summed E-state index contributed by atoms with van der Waals surface area (Å²) in [5, 5.41) is 0. The van der Waals surface area contributed by atoms with Gasteiger partial charge >= 0.3 is 0 Å². The lowest BCUT2D eigenvalue weighted by Crippen LogP contribution is -2.18. The maximum absolute atomic E-state index is 5.42. The predicted molar refractivity (Wildman–Crippen MR) is 36.6 cm³/mol. The van der Waals surface area contributed by atoms with Crippen LogP contribution in [0.15, 0.2) is 0 Å². The van der Waals surface area contributed by atoms with Gasteiger partial charge in [0.05, 0.1) is 0 Å². The van der Waals surface area contributed by atoms with Crippen LogP contribution in [0.3, 0.4) is 0 Å². The van der Waals surface area contributed by atoms with Gasteiger partial charge in [0.1, 0.15) is 0 Å². The largest absolute Gasteiger partial charge is 0.420 e. The van der Waals surface area contributed by atoms with E-state index in [1.807, 2.05) is 0 Å². The molecule has 1 atom stereocenters. The Balaban J connectivity index is 0.000000490. The Morgan fingerprint density at radius 1 is 1.38 bits per heavy atom. The van der Waals surface area contributed by atoms with Gasteiger partial charge in [-0.05, 0) is 19.0 Å². The topological polar surface area (TPSA) is 40.7 Å². The number of rotatable bonds is 0. The van der Waals surface area contributed by atoms with Crippen LogP contribution in [-0.4, -0.2) is 21.1 Å². The van der Waals surface area contributed by atoms with Crippen molar-refractivity contribution in [3.63, 3.8) is 0 Å². The van der Waals surface area contributed by atoms with E-state index in [2.05, 4.69) is 6.55 Å². The third-order valence-electron chi connectivity index (χ3n) is 1.41. The maximum Gasteiger partial charge on any atom is 0.173 e. The first-order valence-electron chi connectivity index (χ1n) is 3.01. The van der Waals surface area contributed by atoms with Crippen molar-refractivity contribution in [2.24, 2.45) is 0 Å². The fourth-order valence-corrected chi connectivity index (χ4v) is 2.50. The Morgan fingerprint density at radius 3 is 2.38 bits per heavy atom. The van der Waals surface area contributed by atoms with Crippen LogP contribution in [-0.2, 0) is 4.43 Å². The molecular formula is C5H14O2Si. The summed E-state index contributed by atoms with van der Waals surface area (Å²) in [4.78, 5) is 0. The molecule has 1 rings (SSSR count). The van der Waals surface area contributed by atoms with Gasteiger partial charge in [-0.15, -0.1) is 0 Å². The molecule has 1 fully saturated rings. The highest BCUT2D eigenvalue weighted by atomic mass is 28.3. The Hall–Kier alpha value is 0.137. The standard InChI is InChI=1S/C5H12OSi.H2O/c1-7-5-3-2-4-6-7;/h7H,2-5H2,1H3;1H2. The molecule has 1 unspecified atom stereocenters. The zero-order valence-electron chi connectivity index (χ0n) is 5.31. The van der Waals surface area contributed by atoms with Gasteiger partial charge in [0.2, 0.25) is 0 Å². The summed E-state index contributed by atoms with van der Waals surface area (Å²) in [6.45, 7) is 3.33. The van der Waals surface area contributed by atoms with E-state index in [1.54, 1.807) is 0 Å². The van der Waals surface area contributed by atoms with E-state index in [1.165, 1.54) is 18.9 Å². The van der Waals surface area contributed by atoms with Gasteiger partial charge in [-0.3, -0.25) is 0 Å². The smallest absolute Gasteiger partial charge is 0.173 e. The third kappa shape index (κ3) is 2.45. The molecule has 1 heterocycles. The Labute approximate surface area is 51.9 Å². The minimum absolute atomic E-state index is 0. The molecule has 0 radical (unpaired) electrons. The van der Waals surface area contributed by atoms with Crippen LogP contribution in [0.25, 0.3) is 0 Å². The van der Waals surface area contributed by atoms with Crippen LogP contribution in [0.5, 0.6) is 0 Å². The molecule has 1 saturated heterocycles. The van der Waals surface area contributed by atoms with Crippen LogP contribution in [0.2, 0.25) is 12.6 Å². The predicted octanol–water partition coefficient (Wildman–Crippen LogP) is 0.326. The van der Waals surface area contributed by atoms with Crippen molar-refractivity contribution >= 4 is 9.04 Å². The number of hydrogen-bond acceptors (Lipinski definition) is 1. The van der Waals surface area contributed by atoms with E-state index in [0.29, 0.717) is 0 Å². The lowest BCUT2D eigenvalue weighted by Gasteiger charge is -2.16. The molecule has 0 spiro atoms. The maximum atomic E-state index is 5.42. The Kier molecular flexibility index (Phi) is 4.13. The molecule has 2 nitrogen and oxygen atoms in total. The van der Waals surface area contributed by atoms with E-state index >= 15 is 0 Å². The number of hydrogen-bond donors (Lipinski definition) is 0. The monoisotopic (exact) mass is 134 g/mol. The minimum Gasteiger partial charge on any atom is -0.420 e. The molecule has 8 heavy (non-hydrogen) atoms. The second-order valence-corrected chi connectivity index (χ2v) is 4.71. The van der Waals surface area contributed by atoms with Crippen molar-refractivity contribution in [2.75, 3.05) is 6.61 Å². The van der Waals surface area contributed by atoms with Crippen LogP contribution >= 0.6 is 0 Å². The molecule has 1 aliphatic rings. The normalized spacial score (nSPS) is 28.9. The molecule has 0 aliphatic carbocycles. The summed E-state index contributed by atoms with van der Waals surface area (Å²) in [6.07, 6.45) is 2.73. The summed E-state index contributed by atoms with van der Waals surface area (Å²) in [5.74, 6) is 0. The van der Waals surface area contributed by atoms with Gasteiger partial charge in [-0.1, -0.05) is 6.42 Å². The van der Waals surface area contributed by atoms with E-state index in [9.17, 15) is 0 Å². The molecular weight excluding hydrogens is 120 g/mol. The molecule has 2 N–H and O–H groups in total. The first-order chi connectivity index (χ1) is 3.39.